The van der Waals surface area contributed by atoms with Gasteiger partial charge in [0, 0.05) is 6.20 Å². The Kier molecular flexibility index (Phi) is 4.20. The molecular formula is C14H20N4O. The first-order valence-electron chi connectivity index (χ1n) is 6.89. The Balaban J connectivity index is 2.17. The number of carbonyl (C=O) groups is 1. The van der Waals surface area contributed by atoms with Crippen molar-refractivity contribution in [1.82, 2.24) is 9.78 Å². The Morgan fingerprint density at radius 1 is 1.63 bits per heavy atom. The highest BCUT2D eigenvalue weighted by Crippen LogP contribution is 2.38. The highest BCUT2D eigenvalue weighted by Gasteiger charge is 2.32. The monoisotopic (exact) mass is 260 g/mol. The van der Waals surface area contributed by atoms with Gasteiger partial charge in [0.25, 0.3) is 5.91 Å². The molecule has 102 valence electrons. The van der Waals surface area contributed by atoms with E-state index in [4.69, 9.17) is 5.73 Å². The first-order chi connectivity index (χ1) is 9.15. The summed E-state index contributed by atoms with van der Waals surface area (Å²) in [5, 5.41) is 13.5. The van der Waals surface area contributed by atoms with Gasteiger partial charge in [0.15, 0.2) is 0 Å². The zero-order valence-corrected chi connectivity index (χ0v) is 11.2. The van der Waals surface area contributed by atoms with Crippen LogP contribution in [0.15, 0.2) is 12.4 Å². The molecule has 0 saturated heterocycles. The second-order valence-corrected chi connectivity index (χ2v) is 5.34. The molecule has 1 aliphatic carbocycles. The fraction of sp³-hybridized carbons (Fsp3) is 0.643. The summed E-state index contributed by atoms with van der Waals surface area (Å²) in [6, 6.07) is 2.45. The van der Waals surface area contributed by atoms with Crippen LogP contribution in [0.5, 0.6) is 0 Å². The predicted molar refractivity (Wildman–Crippen MR) is 71.1 cm³/mol. The van der Waals surface area contributed by atoms with E-state index in [1.807, 2.05) is 0 Å². The first kappa shape index (κ1) is 13.6. The van der Waals surface area contributed by atoms with Crippen molar-refractivity contribution in [3.63, 3.8) is 0 Å². The van der Waals surface area contributed by atoms with Crippen molar-refractivity contribution in [1.29, 1.82) is 5.26 Å². The van der Waals surface area contributed by atoms with Crippen LogP contribution in [0.25, 0.3) is 0 Å². The van der Waals surface area contributed by atoms with Crippen LogP contribution in [0, 0.1) is 23.2 Å². The predicted octanol–water partition coefficient (Wildman–Crippen LogP) is 2.26. The third-order valence-electron chi connectivity index (χ3n) is 4.01. The maximum Gasteiger partial charge on any atom is 0.251 e. The highest BCUT2D eigenvalue weighted by molar-refractivity contribution is 5.92. The summed E-state index contributed by atoms with van der Waals surface area (Å²) in [7, 11) is 0. The van der Waals surface area contributed by atoms with Gasteiger partial charge in [0.2, 0.25) is 0 Å². The number of hydrogen-bond acceptors (Lipinski definition) is 3. The third kappa shape index (κ3) is 2.95. The average Bonchev–Trinajstić information content (AvgIpc) is 2.88. The molecule has 3 atom stereocenters. The normalized spacial score (nSPS) is 26.8. The molecule has 1 amide bonds. The van der Waals surface area contributed by atoms with Gasteiger partial charge in [-0.15, -0.1) is 0 Å². The zero-order chi connectivity index (χ0) is 13.8. The SMILES string of the molecule is CCCC1CCC(C#N)C(n2cc(C(N)=O)cn2)C1. The van der Waals surface area contributed by atoms with Crippen molar-refractivity contribution in [3.05, 3.63) is 18.0 Å². The lowest BCUT2D eigenvalue weighted by Crippen LogP contribution is -2.27. The van der Waals surface area contributed by atoms with E-state index in [0.29, 0.717) is 11.5 Å². The van der Waals surface area contributed by atoms with Crippen molar-refractivity contribution in [2.24, 2.45) is 17.6 Å². The lowest BCUT2D eigenvalue weighted by molar-refractivity contribution is 0.1000. The number of nitriles is 1. The molecule has 0 spiro atoms. The Labute approximate surface area is 113 Å². The molecule has 1 saturated carbocycles. The third-order valence-corrected chi connectivity index (χ3v) is 4.01. The van der Waals surface area contributed by atoms with Crippen LogP contribution in [0.4, 0.5) is 0 Å². The van der Waals surface area contributed by atoms with Gasteiger partial charge >= 0.3 is 0 Å². The van der Waals surface area contributed by atoms with Crippen LogP contribution in [-0.2, 0) is 0 Å². The molecule has 19 heavy (non-hydrogen) atoms. The van der Waals surface area contributed by atoms with E-state index in [1.165, 1.54) is 19.0 Å². The van der Waals surface area contributed by atoms with E-state index in [-0.39, 0.29) is 12.0 Å². The topological polar surface area (TPSA) is 84.7 Å². The Morgan fingerprint density at radius 3 is 3.00 bits per heavy atom. The molecule has 1 aromatic heterocycles. The maximum absolute atomic E-state index is 11.1. The number of nitrogens with two attached hydrogens (primary N) is 1. The minimum Gasteiger partial charge on any atom is -0.366 e. The van der Waals surface area contributed by atoms with Crippen molar-refractivity contribution in [3.8, 4) is 6.07 Å². The zero-order valence-electron chi connectivity index (χ0n) is 11.2. The van der Waals surface area contributed by atoms with Crippen LogP contribution in [0.2, 0.25) is 0 Å². The summed E-state index contributed by atoms with van der Waals surface area (Å²) in [4.78, 5) is 11.1. The number of nitrogens with zero attached hydrogens (tertiary/aromatic N) is 3. The van der Waals surface area contributed by atoms with Crippen molar-refractivity contribution in [2.45, 2.75) is 45.1 Å². The van der Waals surface area contributed by atoms with Gasteiger partial charge < -0.3 is 5.73 Å². The highest BCUT2D eigenvalue weighted by atomic mass is 16.1. The van der Waals surface area contributed by atoms with Gasteiger partial charge in [-0.25, -0.2) is 0 Å². The van der Waals surface area contributed by atoms with Gasteiger partial charge in [-0.05, 0) is 25.2 Å². The molecule has 3 unspecified atom stereocenters. The average molecular weight is 260 g/mol. The molecule has 5 nitrogen and oxygen atoms in total. The molecule has 0 bridgehead atoms. The van der Waals surface area contributed by atoms with Gasteiger partial charge in [0.1, 0.15) is 0 Å². The molecule has 1 heterocycles. The molecule has 1 fully saturated rings. The van der Waals surface area contributed by atoms with E-state index < -0.39 is 5.91 Å². The summed E-state index contributed by atoms with van der Waals surface area (Å²) >= 11 is 0. The largest absolute Gasteiger partial charge is 0.366 e. The van der Waals surface area contributed by atoms with Crippen LogP contribution >= 0.6 is 0 Å². The van der Waals surface area contributed by atoms with Crippen molar-refractivity contribution < 1.29 is 4.79 Å². The molecule has 0 aliphatic heterocycles. The lowest BCUT2D eigenvalue weighted by Gasteiger charge is -2.32. The van der Waals surface area contributed by atoms with Gasteiger partial charge in [-0.2, -0.15) is 10.4 Å². The fourth-order valence-electron chi connectivity index (χ4n) is 2.99. The van der Waals surface area contributed by atoms with E-state index in [2.05, 4.69) is 18.1 Å². The molecular weight excluding hydrogens is 240 g/mol. The quantitative estimate of drug-likeness (QED) is 0.901. The second-order valence-electron chi connectivity index (χ2n) is 5.34. The van der Waals surface area contributed by atoms with E-state index >= 15 is 0 Å². The van der Waals surface area contributed by atoms with Gasteiger partial charge in [-0.1, -0.05) is 19.8 Å². The summed E-state index contributed by atoms with van der Waals surface area (Å²) in [5.74, 6) is 0.162. The first-order valence-corrected chi connectivity index (χ1v) is 6.89. The van der Waals surface area contributed by atoms with E-state index in [9.17, 15) is 10.1 Å². The second kappa shape index (κ2) is 5.87. The number of carbonyl (C=O) groups excluding carboxylic acids is 1. The summed E-state index contributed by atoms with van der Waals surface area (Å²) in [5.41, 5.74) is 5.65. The Morgan fingerprint density at radius 2 is 2.42 bits per heavy atom. The lowest BCUT2D eigenvalue weighted by atomic mass is 9.77. The molecule has 5 heteroatoms. The minimum absolute atomic E-state index is 0.0197. The molecule has 2 N–H and O–H groups in total. The molecule has 0 radical (unpaired) electrons. The maximum atomic E-state index is 11.1. The smallest absolute Gasteiger partial charge is 0.251 e. The van der Waals surface area contributed by atoms with E-state index in [1.54, 1.807) is 10.9 Å². The molecule has 1 aromatic rings. The number of aromatic nitrogens is 2. The van der Waals surface area contributed by atoms with Crippen LogP contribution < -0.4 is 5.73 Å². The van der Waals surface area contributed by atoms with Crippen molar-refractivity contribution in [2.75, 3.05) is 0 Å². The number of rotatable bonds is 4. The summed E-state index contributed by atoms with van der Waals surface area (Å²) in [6.07, 6.45) is 8.51. The Bertz CT molecular complexity index is 488. The van der Waals surface area contributed by atoms with E-state index in [0.717, 1.165) is 19.3 Å². The van der Waals surface area contributed by atoms with Crippen LogP contribution in [0.3, 0.4) is 0 Å². The summed E-state index contributed by atoms with van der Waals surface area (Å²) in [6.45, 7) is 2.19. The molecule has 0 aromatic carbocycles. The van der Waals surface area contributed by atoms with Crippen molar-refractivity contribution >= 4 is 5.91 Å². The summed E-state index contributed by atoms with van der Waals surface area (Å²) < 4.78 is 1.76. The number of amides is 1. The fourth-order valence-corrected chi connectivity index (χ4v) is 2.99. The Hall–Kier alpha value is -1.83. The molecule has 2 rings (SSSR count). The van der Waals surface area contributed by atoms with Crippen LogP contribution in [-0.4, -0.2) is 15.7 Å². The van der Waals surface area contributed by atoms with Gasteiger partial charge in [0.05, 0.1) is 29.8 Å². The number of primary amides is 1. The molecule has 1 aliphatic rings. The number of hydrogen-bond donors (Lipinski definition) is 1. The van der Waals surface area contributed by atoms with Gasteiger partial charge in [-0.3, -0.25) is 9.48 Å². The minimum atomic E-state index is -0.472. The van der Waals surface area contributed by atoms with Crippen LogP contribution in [0.1, 0.15) is 55.4 Å². The standard InChI is InChI=1S/C14H20N4O/c1-2-3-10-4-5-11(7-15)13(6-10)18-9-12(8-17-18)14(16)19/h8-11,13H,2-6H2,1H3,(H2,16,19).